The van der Waals surface area contributed by atoms with Crippen molar-refractivity contribution >= 4 is 16.9 Å². The van der Waals surface area contributed by atoms with Gasteiger partial charge in [-0.25, -0.2) is 4.98 Å². The molecule has 6 N–H and O–H groups in total. The number of rotatable bonds is 6. The molecule has 0 saturated heterocycles. The number of H-pyrrole nitrogens is 1. The lowest BCUT2D eigenvalue weighted by Crippen LogP contribution is -2.10. The van der Waals surface area contributed by atoms with E-state index in [2.05, 4.69) is 9.97 Å². The molecule has 0 bridgehead atoms. The van der Waals surface area contributed by atoms with Gasteiger partial charge in [-0.3, -0.25) is 4.57 Å². The van der Waals surface area contributed by atoms with Crippen molar-refractivity contribution in [3.8, 4) is 34.3 Å². The van der Waals surface area contributed by atoms with Gasteiger partial charge in [-0.2, -0.15) is 0 Å². The lowest BCUT2D eigenvalue weighted by Gasteiger charge is -2.14. The zero-order chi connectivity index (χ0) is 20.5. The predicted molar refractivity (Wildman–Crippen MR) is 113 cm³/mol. The van der Waals surface area contributed by atoms with Gasteiger partial charge in [0.2, 0.25) is 0 Å². The van der Waals surface area contributed by atoms with Crippen LogP contribution < -0.4 is 20.9 Å². The number of nitrogens with two attached hydrogens (primary N) is 2. The number of para-hydroxylation sites is 2. The Balaban J connectivity index is 1.97. The maximum atomic E-state index is 11.0. The van der Waals surface area contributed by atoms with Crippen molar-refractivity contribution in [2.45, 2.75) is 6.42 Å². The van der Waals surface area contributed by atoms with Gasteiger partial charge in [-0.1, -0.05) is 12.1 Å². The lowest BCUT2D eigenvalue weighted by molar-refractivity contribution is 0.394. The largest absolute Gasteiger partial charge is 0.505 e. The highest BCUT2D eigenvalue weighted by atomic mass is 16.5. The summed E-state index contributed by atoms with van der Waals surface area (Å²) in [7, 11) is 3.16. The molecule has 4 rings (SSSR count). The zero-order valence-electron chi connectivity index (χ0n) is 16.3. The van der Waals surface area contributed by atoms with Gasteiger partial charge in [-0.15, -0.1) is 0 Å². The summed E-state index contributed by atoms with van der Waals surface area (Å²) in [6.07, 6.45) is 0.426. The van der Waals surface area contributed by atoms with Crippen molar-refractivity contribution in [3.05, 3.63) is 48.2 Å². The first-order valence-electron chi connectivity index (χ1n) is 9.18. The molecule has 0 spiro atoms. The van der Waals surface area contributed by atoms with Crippen LogP contribution in [0.2, 0.25) is 0 Å². The summed E-state index contributed by atoms with van der Waals surface area (Å²) in [6.45, 7) is 0.345. The first-order valence-corrected chi connectivity index (χ1v) is 9.18. The van der Waals surface area contributed by atoms with E-state index in [9.17, 15) is 5.11 Å². The number of anilines is 1. The van der Waals surface area contributed by atoms with E-state index in [0.717, 1.165) is 11.0 Å². The number of imidazole rings is 1. The standard InChI is InChI=1S/C21H23N5O3/c1-28-13-9-12(10-14(11-13)29-2)26-17(7-8-22)19(27)18(20(26)23)21-24-15-5-3-4-6-16(15)25-21/h3-6,9-11,27H,7-8,22-23H2,1-2H3,(H,24,25). The number of benzene rings is 2. The number of methoxy groups -OCH3 is 2. The van der Waals surface area contributed by atoms with Gasteiger partial charge >= 0.3 is 0 Å². The van der Waals surface area contributed by atoms with Gasteiger partial charge in [0.25, 0.3) is 0 Å². The normalized spacial score (nSPS) is 11.1. The number of ether oxygens (including phenoxy) is 2. The number of nitrogens with one attached hydrogen (secondary N) is 1. The molecule has 0 aliphatic heterocycles. The van der Waals surface area contributed by atoms with Crippen molar-refractivity contribution in [1.82, 2.24) is 14.5 Å². The second-order valence-electron chi connectivity index (χ2n) is 6.60. The third-order valence-corrected chi connectivity index (χ3v) is 4.88. The smallest absolute Gasteiger partial charge is 0.150 e. The molecule has 8 heteroatoms. The highest BCUT2D eigenvalue weighted by Crippen LogP contribution is 2.42. The van der Waals surface area contributed by atoms with Crippen molar-refractivity contribution in [2.75, 3.05) is 26.5 Å². The van der Waals surface area contributed by atoms with E-state index < -0.39 is 0 Å². The minimum atomic E-state index is 0.0498. The highest BCUT2D eigenvalue weighted by Gasteiger charge is 2.25. The van der Waals surface area contributed by atoms with E-state index in [0.29, 0.717) is 53.1 Å². The maximum Gasteiger partial charge on any atom is 0.150 e. The molecular weight excluding hydrogens is 370 g/mol. The Hall–Kier alpha value is -3.65. The summed E-state index contributed by atoms with van der Waals surface area (Å²) in [5.74, 6) is 2.11. The molecule has 0 fully saturated rings. The van der Waals surface area contributed by atoms with Crippen molar-refractivity contribution in [2.24, 2.45) is 5.73 Å². The Morgan fingerprint density at radius 3 is 2.41 bits per heavy atom. The summed E-state index contributed by atoms with van der Waals surface area (Å²) in [6, 6.07) is 13.1. The minimum absolute atomic E-state index is 0.0498. The summed E-state index contributed by atoms with van der Waals surface area (Å²) >= 11 is 0. The van der Waals surface area contributed by atoms with Crippen LogP contribution >= 0.6 is 0 Å². The van der Waals surface area contributed by atoms with Gasteiger partial charge in [-0.05, 0) is 18.7 Å². The van der Waals surface area contributed by atoms with Gasteiger partial charge in [0.15, 0.2) is 0 Å². The number of hydrogen-bond acceptors (Lipinski definition) is 6. The second kappa shape index (κ2) is 7.40. The molecule has 0 radical (unpaired) electrons. The molecular formula is C21H23N5O3. The van der Waals surface area contributed by atoms with E-state index >= 15 is 0 Å². The number of nitrogens with zero attached hydrogens (tertiary/aromatic N) is 2. The number of aromatic nitrogens is 3. The molecule has 0 atom stereocenters. The Morgan fingerprint density at radius 2 is 1.79 bits per heavy atom. The van der Waals surface area contributed by atoms with Crippen LogP contribution in [0, 0.1) is 0 Å². The van der Waals surface area contributed by atoms with Crippen LogP contribution in [0.5, 0.6) is 17.2 Å². The van der Waals surface area contributed by atoms with E-state index in [1.54, 1.807) is 24.9 Å². The van der Waals surface area contributed by atoms with Crippen LogP contribution in [0.15, 0.2) is 42.5 Å². The predicted octanol–water partition coefficient (Wildman–Crippen LogP) is 2.83. The Labute approximate surface area is 167 Å². The number of aromatic amines is 1. The fourth-order valence-electron chi connectivity index (χ4n) is 3.52. The lowest BCUT2D eigenvalue weighted by atomic mass is 10.2. The summed E-state index contributed by atoms with van der Waals surface area (Å²) < 4.78 is 12.5. The molecule has 29 heavy (non-hydrogen) atoms. The van der Waals surface area contributed by atoms with Crippen molar-refractivity contribution < 1.29 is 14.6 Å². The van der Waals surface area contributed by atoms with Gasteiger partial charge in [0.1, 0.15) is 34.5 Å². The number of fused-ring (bicyclic) bond motifs is 1. The van der Waals surface area contributed by atoms with Gasteiger partial charge < -0.3 is 31.0 Å². The molecule has 2 heterocycles. The van der Waals surface area contributed by atoms with E-state index in [-0.39, 0.29) is 5.75 Å². The molecule has 0 aliphatic carbocycles. The number of aromatic hydroxyl groups is 1. The van der Waals surface area contributed by atoms with Gasteiger partial charge in [0.05, 0.1) is 36.6 Å². The maximum absolute atomic E-state index is 11.0. The van der Waals surface area contributed by atoms with Crippen molar-refractivity contribution in [3.63, 3.8) is 0 Å². The molecule has 0 aliphatic rings. The molecule has 0 unspecified atom stereocenters. The molecule has 2 aromatic carbocycles. The van der Waals surface area contributed by atoms with Gasteiger partial charge in [0, 0.05) is 24.6 Å². The molecule has 0 amide bonds. The third-order valence-electron chi connectivity index (χ3n) is 4.88. The summed E-state index contributed by atoms with van der Waals surface area (Å²) in [5, 5.41) is 11.0. The molecule has 4 aromatic rings. The summed E-state index contributed by atoms with van der Waals surface area (Å²) in [5.41, 5.74) is 15.7. The summed E-state index contributed by atoms with van der Waals surface area (Å²) in [4.78, 5) is 7.82. The molecule has 2 aromatic heterocycles. The fraction of sp³-hybridized carbons (Fsp3) is 0.190. The van der Waals surface area contributed by atoms with Crippen LogP contribution in [0.3, 0.4) is 0 Å². The first kappa shape index (κ1) is 18.7. The van der Waals surface area contributed by atoms with E-state index in [1.165, 1.54) is 0 Å². The first-order chi connectivity index (χ1) is 14.1. The van der Waals surface area contributed by atoms with Crippen LogP contribution in [0.25, 0.3) is 28.1 Å². The van der Waals surface area contributed by atoms with Crippen LogP contribution in [-0.4, -0.2) is 40.4 Å². The topological polar surface area (TPSA) is 124 Å². The quantitative estimate of drug-likeness (QED) is 0.399. The second-order valence-corrected chi connectivity index (χ2v) is 6.60. The molecule has 150 valence electrons. The zero-order valence-corrected chi connectivity index (χ0v) is 16.3. The van der Waals surface area contributed by atoms with E-state index in [1.807, 2.05) is 36.4 Å². The minimum Gasteiger partial charge on any atom is -0.505 e. The fourth-order valence-corrected chi connectivity index (χ4v) is 3.52. The monoisotopic (exact) mass is 393 g/mol. The van der Waals surface area contributed by atoms with Crippen LogP contribution in [0.1, 0.15) is 5.69 Å². The highest BCUT2D eigenvalue weighted by molar-refractivity contribution is 5.86. The number of nitrogen functional groups attached to an aromatic ring is 1. The Morgan fingerprint density at radius 1 is 1.10 bits per heavy atom. The average Bonchev–Trinajstić information content (AvgIpc) is 3.26. The number of hydrogen-bond donors (Lipinski definition) is 4. The Kier molecular flexibility index (Phi) is 4.77. The SMILES string of the molecule is COc1cc(OC)cc(-n2c(N)c(-c3nc4ccccc4[nH]3)c(O)c2CCN)c1. The van der Waals surface area contributed by atoms with Crippen LogP contribution in [-0.2, 0) is 6.42 Å². The molecule has 8 nitrogen and oxygen atoms in total. The Bertz CT molecular complexity index is 1120. The molecule has 0 saturated carbocycles. The average molecular weight is 393 g/mol. The van der Waals surface area contributed by atoms with Crippen molar-refractivity contribution in [1.29, 1.82) is 0 Å². The van der Waals surface area contributed by atoms with Crippen LogP contribution in [0.4, 0.5) is 5.82 Å². The van der Waals surface area contributed by atoms with E-state index in [4.69, 9.17) is 20.9 Å². The third kappa shape index (κ3) is 3.13.